The molecule has 1 aliphatic heterocycles. The summed E-state index contributed by atoms with van der Waals surface area (Å²) in [6.07, 6.45) is 1.61. The molecule has 1 rings (SSSR count). The standard InChI is InChI=1S/C8H14N2O3/c9-7(11)4-8(12)10-6-2-1-3-13-5-6/h6H,1-5H2,(H2,9,11)(H,10,12)/t6-/m0/s1. The molecule has 0 bridgehead atoms. The second-order valence-corrected chi connectivity index (χ2v) is 3.12. The molecule has 0 aromatic heterocycles. The van der Waals surface area contributed by atoms with E-state index in [9.17, 15) is 9.59 Å². The molecule has 0 spiro atoms. The second kappa shape index (κ2) is 4.81. The summed E-state index contributed by atoms with van der Waals surface area (Å²) in [6, 6.07) is 0.0422. The van der Waals surface area contributed by atoms with Crippen LogP contribution in [0.3, 0.4) is 0 Å². The summed E-state index contributed by atoms with van der Waals surface area (Å²) in [5, 5.41) is 2.69. The van der Waals surface area contributed by atoms with Crippen LogP contribution in [0, 0.1) is 0 Å². The van der Waals surface area contributed by atoms with Crippen molar-refractivity contribution in [3.63, 3.8) is 0 Å². The van der Waals surface area contributed by atoms with Crippen molar-refractivity contribution >= 4 is 11.8 Å². The first kappa shape index (κ1) is 9.98. The maximum atomic E-state index is 11.1. The maximum Gasteiger partial charge on any atom is 0.229 e. The molecule has 0 radical (unpaired) electrons. The Labute approximate surface area is 76.6 Å². The Bertz CT molecular complexity index is 200. The van der Waals surface area contributed by atoms with E-state index in [2.05, 4.69) is 5.32 Å². The predicted octanol–water partition coefficient (Wildman–Crippen LogP) is -0.843. The van der Waals surface area contributed by atoms with E-state index in [4.69, 9.17) is 10.5 Å². The summed E-state index contributed by atoms with van der Waals surface area (Å²) in [5.41, 5.74) is 4.87. The van der Waals surface area contributed by atoms with Crippen LogP contribution in [0.25, 0.3) is 0 Å². The minimum Gasteiger partial charge on any atom is -0.379 e. The first-order valence-electron chi connectivity index (χ1n) is 4.34. The highest BCUT2D eigenvalue weighted by Gasteiger charge is 2.16. The average molecular weight is 186 g/mol. The number of carbonyl (C=O) groups excluding carboxylic acids is 2. The zero-order chi connectivity index (χ0) is 9.68. The number of ether oxygens (including phenoxy) is 1. The first-order chi connectivity index (χ1) is 6.18. The number of hydrogen-bond donors (Lipinski definition) is 2. The summed E-state index contributed by atoms with van der Waals surface area (Å²) < 4.78 is 5.16. The minimum atomic E-state index is -0.603. The molecule has 1 fully saturated rings. The first-order valence-corrected chi connectivity index (χ1v) is 4.34. The molecule has 0 unspecified atom stereocenters. The van der Waals surface area contributed by atoms with E-state index in [0.717, 1.165) is 19.4 Å². The van der Waals surface area contributed by atoms with Crippen LogP contribution in [0.1, 0.15) is 19.3 Å². The third kappa shape index (κ3) is 3.89. The highest BCUT2D eigenvalue weighted by molar-refractivity contribution is 5.96. The predicted molar refractivity (Wildman–Crippen MR) is 45.8 cm³/mol. The van der Waals surface area contributed by atoms with Crippen LogP contribution in [0.5, 0.6) is 0 Å². The average Bonchev–Trinajstić information content (AvgIpc) is 2.04. The quantitative estimate of drug-likeness (QED) is 0.564. The lowest BCUT2D eigenvalue weighted by Crippen LogP contribution is -2.41. The Morgan fingerprint density at radius 1 is 1.54 bits per heavy atom. The van der Waals surface area contributed by atoms with Gasteiger partial charge in [0.05, 0.1) is 12.6 Å². The van der Waals surface area contributed by atoms with Gasteiger partial charge < -0.3 is 15.8 Å². The van der Waals surface area contributed by atoms with Crippen LogP contribution in [0.15, 0.2) is 0 Å². The van der Waals surface area contributed by atoms with Crippen LogP contribution in [-0.4, -0.2) is 31.1 Å². The van der Waals surface area contributed by atoms with Gasteiger partial charge >= 0.3 is 0 Å². The third-order valence-electron chi connectivity index (χ3n) is 1.86. The van der Waals surface area contributed by atoms with E-state index in [1.54, 1.807) is 0 Å². The van der Waals surface area contributed by atoms with Gasteiger partial charge in [-0.1, -0.05) is 0 Å². The molecular weight excluding hydrogens is 172 g/mol. The molecule has 0 aromatic carbocycles. The molecule has 5 nitrogen and oxygen atoms in total. The van der Waals surface area contributed by atoms with E-state index in [0.29, 0.717) is 6.61 Å². The van der Waals surface area contributed by atoms with E-state index in [1.807, 2.05) is 0 Å². The van der Waals surface area contributed by atoms with Crippen molar-refractivity contribution in [1.82, 2.24) is 5.32 Å². The van der Waals surface area contributed by atoms with Crippen molar-refractivity contribution in [2.75, 3.05) is 13.2 Å². The Morgan fingerprint density at radius 3 is 2.85 bits per heavy atom. The molecule has 0 aromatic rings. The monoisotopic (exact) mass is 186 g/mol. The van der Waals surface area contributed by atoms with Gasteiger partial charge in [0.1, 0.15) is 6.42 Å². The lowest BCUT2D eigenvalue weighted by molar-refractivity contribution is -0.128. The molecule has 13 heavy (non-hydrogen) atoms. The van der Waals surface area contributed by atoms with E-state index < -0.39 is 5.91 Å². The highest BCUT2D eigenvalue weighted by atomic mass is 16.5. The molecule has 74 valence electrons. The normalized spacial score (nSPS) is 22.3. The number of primary amides is 1. The number of carbonyl (C=O) groups is 2. The molecule has 1 heterocycles. The number of rotatable bonds is 3. The molecule has 1 atom stereocenters. The van der Waals surface area contributed by atoms with Crippen LogP contribution < -0.4 is 11.1 Å². The summed E-state index contributed by atoms with van der Waals surface area (Å²) in [6.45, 7) is 1.28. The van der Waals surface area contributed by atoms with Gasteiger partial charge in [0.25, 0.3) is 0 Å². The Hall–Kier alpha value is -1.10. The Balaban J connectivity index is 2.22. The van der Waals surface area contributed by atoms with Gasteiger partial charge in [0.15, 0.2) is 0 Å². The number of nitrogens with one attached hydrogen (secondary N) is 1. The largest absolute Gasteiger partial charge is 0.379 e. The summed E-state index contributed by atoms with van der Waals surface area (Å²) in [5.74, 6) is -0.919. The minimum absolute atomic E-state index is 0.0422. The fourth-order valence-corrected chi connectivity index (χ4v) is 1.29. The number of nitrogens with two attached hydrogens (primary N) is 1. The zero-order valence-corrected chi connectivity index (χ0v) is 7.41. The topological polar surface area (TPSA) is 81.4 Å². The van der Waals surface area contributed by atoms with Crippen LogP contribution in [-0.2, 0) is 14.3 Å². The smallest absolute Gasteiger partial charge is 0.229 e. The summed E-state index contributed by atoms with van der Waals surface area (Å²) in [7, 11) is 0. The lowest BCUT2D eigenvalue weighted by Gasteiger charge is -2.22. The molecule has 3 N–H and O–H groups in total. The molecule has 0 saturated carbocycles. The van der Waals surface area contributed by atoms with Gasteiger partial charge in [-0.25, -0.2) is 0 Å². The number of hydrogen-bond acceptors (Lipinski definition) is 3. The molecular formula is C8H14N2O3. The van der Waals surface area contributed by atoms with Crippen molar-refractivity contribution in [1.29, 1.82) is 0 Å². The SMILES string of the molecule is NC(=O)CC(=O)N[C@H]1CCCOC1. The van der Waals surface area contributed by atoms with Gasteiger partial charge in [0.2, 0.25) is 11.8 Å². The molecule has 5 heteroatoms. The fraction of sp³-hybridized carbons (Fsp3) is 0.750. The Kier molecular flexibility index (Phi) is 3.70. The van der Waals surface area contributed by atoms with Gasteiger partial charge in [-0.3, -0.25) is 9.59 Å². The van der Waals surface area contributed by atoms with Crippen molar-refractivity contribution in [3.8, 4) is 0 Å². The highest BCUT2D eigenvalue weighted by Crippen LogP contribution is 2.05. The molecule has 1 aliphatic rings. The molecule has 2 amide bonds. The molecule has 0 aliphatic carbocycles. The zero-order valence-electron chi connectivity index (χ0n) is 7.41. The Morgan fingerprint density at radius 2 is 2.31 bits per heavy atom. The second-order valence-electron chi connectivity index (χ2n) is 3.12. The van der Waals surface area contributed by atoms with Crippen LogP contribution >= 0.6 is 0 Å². The summed E-state index contributed by atoms with van der Waals surface area (Å²) >= 11 is 0. The summed E-state index contributed by atoms with van der Waals surface area (Å²) in [4.78, 5) is 21.4. The lowest BCUT2D eigenvalue weighted by atomic mass is 10.1. The van der Waals surface area contributed by atoms with E-state index in [-0.39, 0.29) is 18.4 Å². The van der Waals surface area contributed by atoms with Gasteiger partial charge in [-0.15, -0.1) is 0 Å². The van der Waals surface area contributed by atoms with E-state index in [1.165, 1.54) is 0 Å². The number of amides is 2. The van der Waals surface area contributed by atoms with Crippen molar-refractivity contribution in [2.24, 2.45) is 5.73 Å². The van der Waals surface area contributed by atoms with Gasteiger partial charge in [-0.2, -0.15) is 0 Å². The third-order valence-corrected chi connectivity index (χ3v) is 1.86. The van der Waals surface area contributed by atoms with Gasteiger partial charge in [0, 0.05) is 6.61 Å². The van der Waals surface area contributed by atoms with Gasteiger partial charge in [-0.05, 0) is 12.8 Å². The van der Waals surface area contributed by atoms with E-state index >= 15 is 0 Å². The van der Waals surface area contributed by atoms with Crippen molar-refractivity contribution < 1.29 is 14.3 Å². The molecule has 1 saturated heterocycles. The fourth-order valence-electron chi connectivity index (χ4n) is 1.29. The van der Waals surface area contributed by atoms with Crippen LogP contribution in [0.2, 0.25) is 0 Å². The van der Waals surface area contributed by atoms with Crippen molar-refractivity contribution in [2.45, 2.75) is 25.3 Å². The maximum absolute atomic E-state index is 11.1. The van der Waals surface area contributed by atoms with Crippen molar-refractivity contribution in [3.05, 3.63) is 0 Å². The van der Waals surface area contributed by atoms with Crippen LogP contribution in [0.4, 0.5) is 0 Å².